The van der Waals surface area contributed by atoms with Gasteiger partial charge in [0.25, 0.3) is 11.8 Å². The zero-order chi connectivity index (χ0) is 20.6. The molecule has 0 atom stereocenters. The van der Waals surface area contributed by atoms with Gasteiger partial charge in [-0.05, 0) is 60.4 Å². The van der Waals surface area contributed by atoms with Gasteiger partial charge in [-0.1, -0.05) is 52.3 Å². The van der Waals surface area contributed by atoms with Crippen LogP contribution in [0.25, 0.3) is 6.08 Å². The third kappa shape index (κ3) is 6.07. The smallest absolute Gasteiger partial charge is 0.272 e. The first kappa shape index (κ1) is 20.9. The van der Waals surface area contributed by atoms with Gasteiger partial charge in [0.1, 0.15) is 5.70 Å². The lowest BCUT2D eigenvalue weighted by Crippen LogP contribution is -2.30. The van der Waals surface area contributed by atoms with Crippen LogP contribution in [-0.4, -0.2) is 18.1 Å². The average molecular weight is 467 g/mol. The minimum Gasteiger partial charge on any atom is -0.321 e. The number of carbonyl (C=O) groups excluding carboxylic acids is 2. The van der Waals surface area contributed by atoms with E-state index in [0.29, 0.717) is 11.3 Å². The van der Waals surface area contributed by atoms with Gasteiger partial charge in [-0.25, -0.2) is 0 Å². The van der Waals surface area contributed by atoms with Crippen molar-refractivity contribution in [2.24, 2.45) is 0 Å². The molecule has 0 radical (unpaired) electrons. The molecule has 3 rings (SSSR count). The number of anilines is 1. The highest BCUT2D eigenvalue weighted by Crippen LogP contribution is 2.18. The van der Waals surface area contributed by atoms with Crippen molar-refractivity contribution in [1.29, 1.82) is 0 Å². The second kappa shape index (κ2) is 10.1. The monoisotopic (exact) mass is 466 g/mol. The van der Waals surface area contributed by atoms with E-state index in [0.717, 1.165) is 14.9 Å². The van der Waals surface area contributed by atoms with Crippen LogP contribution in [-0.2, 0) is 4.79 Å². The lowest BCUT2D eigenvalue weighted by Gasteiger charge is -2.12. The summed E-state index contributed by atoms with van der Waals surface area (Å²) in [5.41, 5.74) is 2.08. The highest BCUT2D eigenvalue weighted by molar-refractivity contribution is 9.10. The average Bonchev–Trinajstić information content (AvgIpc) is 2.74. The summed E-state index contributed by atoms with van der Waals surface area (Å²) in [6.07, 6.45) is 3.67. The molecule has 146 valence electrons. The van der Waals surface area contributed by atoms with Crippen molar-refractivity contribution in [1.82, 2.24) is 5.32 Å². The fourth-order valence-corrected chi connectivity index (χ4v) is 3.38. The second-order valence-electron chi connectivity index (χ2n) is 6.12. The summed E-state index contributed by atoms with van der Waals surface area (Å²) >= 11 is 5.03. The Morgan fingerprint density at radius 2 is 1.66 bits per heavy atom. The lowest BCUT2D eigenvalue weighted by molar-refractivity contribution is -0.113. The third-order valence-electron chi connectivity index (χ3n) is 4.04. The fraction of sp³-hybridized carbons (Fsp3) is 0.0435. The molecule has 0 aromatic heterocycles. The van der Waals surface area contributed by atoms with Crippen LogP contribution in [0.15, 0.2) is 93.9 Å². The molecule has 0 fully saturated rings. The molecular weight excluding hydrogens is 448 g/mol. The predicted molar refractivity (Wildman–Crippen MR) is 123 cm³/mol. The first-order valence-corrected chi connectivity index (χ1v) is 10.9. The van der Waals surface area contributed by atoms with E-state index in [9.17, 15) is 9.59 Å². The first-order valence-electron chi connectivity index (χ1n) is 8.84. The minimum atomic E-state index is -0.402. The van der Waals surface area contributed by atoms with Crippen LogP contribution in [0.1, 0.15) is 15.9 Å². The van der Waals surface area contributed by atoms with Gasteiger partial charge in [0, 0.05) is 20.6 Å². The molecule has 3 aromatic rings. The van der Waals surface area contributed by atoms with Crippen LogP contribution in [0.5, 0.6) is 0 Å². The first-order chi connectivity index (χ1) is 14.0. The molecule has 0 heterocycles. The van der Waals surface area contributed by atoms with Gasteiger partial charge in [0.05, 0.1) is 0 Å². The SMILES string of the molecule is CSc1ccc(C=C(NC(=O)c2ccccc2)C(=O)Nc2cccc(Br)c2)cc1. The fourth-order valence-electron chi connectivity index (χ4n) is 2.57. The van der Waals surface area contributed by atoms with E-state index in [1.54, 1.807) is 54.2 Å². The van der Waals surface area contributed by atoms with Crippen molar-refractivity contribution in [3.05, 3.63) is 100 Å². The van der Waals surface area contributed by atoms with Crippen LogP contribution < -0.4 is 10.6 Å². The van der Waals surface area contributed by atoms with Crippen molar-refractivity contribution in [3.8, 4) is 0 Å². The Hall–Kier alpha value is -2.83. The molecule has 29 heavy (non-hydrogen) atoms. The number of carbonyl (C=O) groups is 2. The van der Waals surface area contributed by atoms with Crippen molar-refractivity contribution in [3.63, 3.8) is 0 Å². The summed E-state index contributed by atoms with van der Waals surface area (Å²) in [5, 5.41) is 5.56. The Morgan fingerprint density at radius 3 is 2.31 bits per heavy atom. The van der Waals surface area contributed by atoms with Gasteiger partial charge < -0.3 is 10.6 Å². The van der Waals surface area contributed by atoms with Gasteiger partial charge in [-0.15, -0.1) is 11.8 Å². The van der Waals surface area contributed by atoms with Gasteiger partial charge in [0.15, 0.2) is 0 Å². The van der Waals surface area contributed by atoms with Crippen LogP contribution >= 0.6 is 27.7 Å². The third-order valence-corrected chi connectivity index (χ3v) is 5.27. The minimum absolute atomic E-state index is 0.163. The van der Waals surface area contributed by atoms with Crippen LogP contribution in [0.2, 0.25) is 0 Å². The summed E-state index contributed by atoms with van der Waals surface area (Å²) in [6.45, 7) is 0. The Labute approximate surface area is 182 Å². The molecule has 6 heteroatoms. The standard InChI is InChI=1S/C23H19BrN2O2S/c1-29-20-12-10-16(11-13-20)14-21(26-22(27)17-6-3-2-4-7-17)23(28)25-19-9-5-8-18(24)15-19/h2-15H,1H3,(H,25,28)(H,26,27). The molecule has 4 nitrogen and oxygen atoms in total. The van der Waals surface area contributed by atoms with Crippen LogP contribution in [0, 0.1) is 0 Å². The molecular formula is C23H19BrN2O2S. The number of benzene rings is 3. The quantitative estimate of drug-likeness (QED) is 0.368. The second-order valence-corrected chi connectivity index (χ2v) is 7.91. The molecule has 3 aromatic carbocycles. The molecule has 0 aliphatic heterocycles. The number of rotatable bonds is 6. The van der Waals surface area contributed by atoms with Crippen molar-refractivity contribution in [2.45, 2.75) is 4.90 Å². The van der Waals surface area contributed by atoms with Gasteiger partial charge in [-0.2, -0.15) is 0 Å². The van der Waals surface area contributed by atoms with Gasteiger partial charge in [0.2, 0.25) is 0 Å². The molecule has 2 N–H and O–H groups in total. The maximum atomic E-state index is 12.9. The summed E-state index contributed by atoms with van der Waals surface area (Å²) in [6, 6.07) is 23.8. The van der Waals surface area contributed by atoms with Crippen molar-refractivity contribution < 1.29 is 9.59 Å². The number of halogens is 1. The maximum Gasteiger partial charge on any atom is 0.272 e. The number of nitrogens with one attached hydrogen (secondary N) is 2. The summed E-state index contributed by atoms with van der Waals surface area (Å²) in [7, 11) is 0. The summed E-state index contributed by atoms with van der Waals surface area (Å²) in [5.74, 6) is -0.747. The number of thioether (sulfide) groups is 1. The number of amides is 2. The molecule has 0 aliphatic carbocycles. The molecule has 0 saturated heterocycles. The molecule has 0 aliphatic rings. The molecule has 0 bridgehead atoms. The Balaban J connectivity index is 1.88. The number of hydrogen-bond donors (Lipinski definition) is 2. The van der Waals surface area contributed by atoms with E-state index >= 15 is 0 Å². The zero-order valence-electron chi connectivity index (χ0n) is 15.7. The summed E-state index contributed by atoms with van der Waals surface area (Å²) in [4.78, 5) is 26.6. The van der Waals surface area contributed by atoms with Crippen molar-refractivity contribution in [2.75, 3.05) is 11.6 Å². The van der Waals surface area contributed by atoms with E-state index in [-0.39, 0.29) is 11.6 Å². The lowest BCUT2D eigenvalue weighted by atomic mass is 10.1. The number of hydrogen-bond acceptors (Lipinski definition) is 3. The highest BCUT2D eigenvalue weighted by atomic mass is 79.9. The Morgan fingerprint density at radius 1 is 0.931 bits per heavy atom. The maximum absolute atomic E-state index is 12.9. The van der Waals surface area contributed by atoms with E-state index in [2.05, 4.69) is 26.6 Å². The van der Waals surface area contributed by atoms with Gasteiger partial charge >= 0.3 is 0 Å². The van der Waals surface area contributed by atoms with E-state index in [1.807, 2.05) is 48.7 Å². The van der Waals surface area contributed by atoms with Gasteiger partial charge in [-0.3, -0.25) is 9.59 Å². The molecule has 0 spiro atoms. The molecule has 2 amide bonds. The topological polar surface area (TPSA) is 58.2 Å². The van der Waals surface area contributed by atoms with E-state index in [4.69, 9.17) is 0 Å². The Kier molecular flexibility index (Phi) is 7.27. The van der Waals surface area contributed by atoms with Crippen LogP contribution in [0.3, 0.4) is 0 Å². The normalized spacial score (nSPS) is 11.0. The van der Waals surface area contributed by atoms with E-state index in [1.165, 1.54) is 0 Å². The highest BCUT2D eigenvalue weighted by Gasteiger charge is 2.15. The largest absolute Gasteiger partial charge is 0.321 e. The zero-order valence-corrected chi connectivity index (χ0v) is 18.1. The van der Waals surface area contributed by atoms with Crippen LogP contribution in [0.4, 0.5) is 5.69 Å². The van der Waals surface area contributed by atoms with E-state index < -0.39 is 5.91 Å². The summed E-state index contributed by atoms with van der Waals surface area (Å²) < 4.78 is 0.849. The van der Waals surface area contributed by atoms with Crippen molar-refractivity contribution >= 4 is 51.3 Å². The molecule has 0 unspecified atom stereocenters. The molecule has 0 saturated carbocycles. The predicted octanol–water partition coefficient (Wildman–Crippen LogP) is 5.58. The Bertz CT molecular complexity index is 1030.